The lowest BCUT2D eigenvalue weighted by Gasteiger charge is -2.22. The Kier molecular flexibility index (Phi) is 5.07. The number of amides is 3. The Balaban J connectivity index is 1.57. The van der Waals surface area contributed by atoms with E-state index in [2.05, 4.69) is 5.32 Å². The molecule has 29 heavy (non-hydrogen) atoms. The third-order valence-electron chi connectivity index (χ3n) is 4.99. The molecule has 4 rings (SSSR count). The Morgan fingerprint density at radius 2 is 1.45 bits per heavy atom. The number of imide groups is 1. The molecule has 4 nitrogen and oxygen atoms in total. The van der Waals surface area contributed by atoms with E-state index in [0.717, 1.165) is 21.6 Å². The molecule has 1 aliphatic heterocycles. The van der Waals surface area contributed by atoms with Crippen LogP contribution in [0.2, 0.25) is 10.0 Å². The monoisotopic (exact) mass is 424 g/mol. The molecule has 0 radical (unpaired) electrons. The van der Waals surface area contributed by atoms with Crippen molar-refractivity contribution >= 4 is 40.8 Å². The fourth-order valence-electron chi connectivity index (χ4n) is 3.56. The molecular formula is C23H18Cl2N2O2. The van der Waals surface area contributed by atoms with Crippen LogP contribution >= 0.6 is 23.2 Å². The molecular weight excluding hydrogens is 407 g/mol. The van der Waals surface area contributed by atoms with Crippen LogP contribution in [0.25, 0.3) is 11.1 Å². The summed E-state index contributed by atoms with van der Waals surface area (Å²) >= 11 is 12.1. The van der Waals surface area contributed by atoms with Crippen LogP contribution in [0.1, 0.15) is 12.5 Å². The lowest BCUT2D eigenvalue weighted by Crippen LogP contribution is -2.46. The average Bonchev–Trinajstić information content (AvgIpc) is 2.90. The number of rotatable bonds is 4. The quantitative estimate of drug-likeness (QED) is 0.544. The van der Waals surface area contributed by atoms with Crippen LogP contribution < -0.4 is 10.2 Å². The van der Waals surface area contributed by atoms with Crippen molar-refractivity contribution in [2.75, 3.05) is 4.90 Å². The molecule has 0 aliphatic carbocycles. The van der Waals surface area contributed by atoms with Gasteiger partial charge in [0.25, 0.3) is 5.91 Å². The summed E-state index contributed by atoms with van der Waals surface area (Å²) < 4.78 is 0. The molecule has 0 spiro atoms. The first-order chi connectivity index (χ1) is 13.9. The Hall–Kier alpha value is -2.82. The van der Waals surface area contributed by atoms with Crippen LogP contribution in [0.4, 0.5) is 10.5 Å². The first kappa shape index (κ1) is 19.5. The number of hydrogen-bond acceptors (Lipinski definition) is 2. The van der Waals surface area contributed by atoms with Gasteiger partial charge in [-0.25, -0.2) is 9.69 Å². The van der Waals surface area contributed by atoms with Crippen molar-refractivity contribution in [2.45, 2.75) is 18.9 Å². The highest BCUT2D eigenvalue weighted by atomic mass is 35.5. The van der Waals surface area contributed by atoms with Gasteiger partial charge >= 0.3 is 6.03 Å². The number of urea groups is 1. The van der Waals surface area contributed by atoms with Crippen LogP contribution in [0.3, 0.4) is 0 Å². The molecule has 3 amide bonds. The van der Waals surface area contributed by atoms with E-state index < -0.39 is 11.6 Å². The second-order valence-corrected chi connectivity index (χ2v) is 8.14. The summed E-state index contributed by atoms with van der Waals surface area (Å²) in [6, 6.07) is 22.2. The van der Waals surface area contributed by atoms with Gasteiger partial charge < -0.3 is 5.32 Å². The van der Waals surface area contributed by atoms with Gasteiger partial charge in [0.05, 0.1) is 5.69 Å². The Morgan fingerprint density at radius 3 is 2.07 bits per heavy atom. The van der Waals surface area contributed by atoms with Crippen molar-refractivity contribution in [3.63, 3.8) is 0 Å². The van der Waals surface area contributed by atoms with Crippen LogP contribution in [-0.2, 0) is 11.2 Å². The number of nitrogens with zero attached hydrogens (tertiary/aromatic N) is 1. The molecule has 0 aromatic heterocycles. The van der Waals surface area contributed by atoms with E-state index in [1.54, 1.807) is 25.1 Å². The summed E-state index contributed by atoms with van der Waals surface area (Å²) in [4.78, 5) is 26.8. The highest BCUT2D eigenvalue weighted by Crippen LogP contribution is 2.31. The van der Waals surface area contributed by atoms with Gasteiger partial charge in [-0.15, -0.1) is 0 Å². The van der Waals surface area contributed by atoms with Crippen LogP contribution in [0.5, 0.6) is 0 Å². The lowest BCUT2D eigenvalue weighted by atomic mass is 9.91. The van der Waals surface area contributed by atoms with E-state index in [9.17, 15) is 9.59 Å². The van der Waals surface area contributed by atoms with Crippen molar-refractivity contribution in [1.29, 1.82) is 0 Å². The van der Waals surface area contributed by atoms with Crippen molar-refractivity contribution in [3.8, 4) is 11.1 Å². The van der Waals surface area contributed by atoms with E-state index in [4.69, 9.17) is 23.2 Å². The molecule has 0 bridgehead atoms. The van der Waals surface area contributed by atoms with Gasteiger partial charge in [-0.3, -0.25) is 4.79 Å². The molecule has 3 aromatic carbocycles. The Labute approximate surface area is 179 Å². The SMILES string of the molecule is CC1(Cc2ccc(-c3ccccc3)cc2)NC(=O)N(c2cc(Cl)cc(Cl)c2)C1=O. The summed E-state index contributed by atoms with van der Waals surface area (Å²) in [5.74, 6) is -0.340. The fourth-order valence-corrected chi connectivity index (χ4v) is 4.08. The normalized spacial score (nSPS) is 18.8. The molecule has 146 valence electrons. The Morgan fingerprint density at radius 1 is 0.862 bits per heavy atom. The first-order valence-corrected chi connectivity index (χ1v) is 9.88. The molecule has 3 aromatic rings. The van der Waals surface area contributed by atoms with Crippen molar-refractivity contribution in [1.82, 2.24) is 5.32 Å². The minimum atomic E-state index is -1.06. The van der Waals surface area contributed by atoms with E-state index in [-0.39, 0.29) is 5.91 Å². The van der Waals surface area contributed by atoms with E-state index in [1.165, 1.54) is 0 Å². The predicted octanol–water partition coefficient (Wildman–Crippen LogP) is 5.72. The van der Waals surface area contributed by atoms with E-state index in [0.29, 0.717) is 22.2 Å². The van der Waals surface area contributed by atoms with Crippen LogP contribution in [0.15, 0.2) is 72.8 Å². The first-order valence-electron chi connectivity index (χ1n) is 9.13. The highest BCUT2D eigenvalue weighted by molar-refractivity contribution is 6.35. The lowest BCUT2D eigenvalue weighted by molar-refractivity contribution is -0.121. The zero-order valence-electron chi connectivity index (χ0n) is 15.7. The summed E-state index contributed by atoms with van der Waals surface area (Å²) in [7, 11) is 0. The zero-order chi connectivity index (χ0) is 20.6. The van der Waals surface area contributed by atoms with Gasteiger partial charge in [-0.2, -0.15) is 0 Å². The smallest absolute Gasteiger partial charge is 0.323 e. The standard InChI is InChI=1S/C23H18Cl2N2O2/c1-23(14-15-7-9-17(10-8-15)16-5-3-2-4-6-16)21(28)27(22(29)26-23)20-12-18(24)11-19(25)13-20/h2-13H,14H2,1H3,(H,26,29). The van der Waals surface area contributed by atoms with Gasteiger partial charge in [0.2, 0.25) is 0 Å². The second-order valence-electron chi connectivity index (χ2n) is 7.27. The third-order valence-corrected chi connectivity index (χ3v) is 5.42. The molecule has 1 N–H and O–H groups in total. The van der Waals surface area contributed by atoms with Crippen molar-refractivity contribution in [3.05, 3.63) is 88.4 Å². The van der Waals surface area contributed by atoms with E-state index in [1.807, 2.05) is 54.6 Å². The topological polar surface area (TPSA) is 49.4 Å². The number of nitrogens with one attached hydrogen (secondary N) is 1. The summed E-state index contributed by atoms with van der Waals surface area (Å²) in [5.41, 5.74) is 2.47. The average molecular weight is 425 g/mol. The summed E-state index contributed by atoms with van der Waals surface area (Å²) in [6.45, 7) is 1.73. The van der Waals surface area contributed by atoms with Gasteiger partial charge in [0.15, 0.2) is 0 Å². The molecule has 1 saturated heterocycles. The van der Waals surface area contributed by atoms with Crippen LogP contribution in [0, 0.1) is 0 Å². The fraction of sp³-hybridized carbons (Fsp3) is 0.130. The third kappa shape index (κ3) is 3.86. The second kappa shape index (κ2) is 7.54. The largest absolute Gasteiger partial charge is 0.329 e. The molecule has 1 unspecified atom stereocenters. The van der Waals surface area contributed by atoms with Gasteiger partial charge in [0.1, 0.15) is 5.54 Å². The maximum atomic E-state index is 13.1. The highest BCUT2D eigenvalue weighted by Gasteiger charge is 2.48. The van der Waals surface area contributed by atoms with Crippen molar-refractivity contribution < 1.29 is 9.59 Å². The predicted molar refractivity (Wildman–Crippen MR) is 116 cm³/mol. The maximum Gasteiger partial charge on any atom is 0.329 e. The van der Waals surface area contributed by atoms with Crippen LogP contribution in [-0.4, -0.2) is 17.5 Å². The molecule has 0 saturated carbocycles. The van der Waals surface area contributed by atoms with Crippen molar-refractivity contribution in [2.24, 2.45) is 0 Å². The summed E-state index contributed by atoms with van der Waals surface area (Å²) in [5, 5.41) is 3.53. The van der Waals surface area contributed by atoms with Gasteiger partial charge in [-0.05, 0) is 41.8 Å². The summed E-state index contributed by atoms with van der Waals surface area (Å²) in [6.07, 6.45) is 0.372. The number of carbonyl (C=O) groups excluding carboxylic acids is 2. The minimum Gasteiger partial charge on any atom is -0.323 e. The molecule has 1 atom stereocenters. The number of hydrogen-bond donors (Lipinski definition) is 1. The molecule has 1 fully saturated rings. The van der Waals surface area contributed by atoms with Gasteiger partial charge in [-0.1, -0.05) is 77.8 Å². The molecule has 1 heterocycles. The zero-order valence-corrected chi connectivity index (χ0v) is 17.2. The number of anilines is 1. The number of halogens is 2. The number of benzene rings is 3. The maximum absolute atomic E-state index is 13.1. The molecule has 6 heteroatoms. The molecule has 1 aliphatic rings. The minimum absolute atomic E-state index is 0.340. The van der Waals surface area contributed by atoms with E-state index >= 15 is 0 Å². The van der Waals surface area contributed by atoms with Gasteiger partial charge in [0, 0.05) is 16.5 Å². The number of carbonyl (C=O) groups is 2. The Bertz CT molecular complexity index is 1060.